The van der Waals surface area contributed by atoms with Crippen molar-refractivity contribution in [1.82, 2.24) is 0 Å². The van der Waals surface area contributed by atoms with E-state index in [1.54, 1.807) is 0 Å². The van der Waals surface area contributed by atoms with Gasteiger partial charge < -0.3 is 5.11 Å². The van der Waals surface area contributed by atoms with E-state index in [2.05, 4.69) is 0 Å². The Kier molecular flexibility index (Phi) is 31.9. The standard InChI is InChI=1S/C33H65Cl3O2Si/c34-39(35,36)32-30-28-26-24-22-20-18-16-14-12-10-8-6-4-2-1-3-5-7-9-11-13-15-17-19-21-23-25-27-29-31-33(37)38/h1-32H2,(H,37,38). The van der Waals surface area contributed by atoms with E-state index >= 15 is 0 Å². The minimum Gasteiger partial charge on any atom is -0.481 e. The lowest BCUT2D eigenvalue weighted by molar-refractivity contribution is -0.137. The molecule has 0 aromatic rings. The van der Waals surface area contributed by atoms with Gasteiger partial charge in [0.25, 0.3) is 0 Å². The third kappa shape index (κ3) is 38.6. The molecule has 0 heterocycles. The van der Waals surface area contributed by atoms with Gasteiger partial charge in [0, 0.05) is 6.42 Å². The summed E-state index contributed by atoms with van der Waals surface area (Å²) in [5.74, 6) is -0.653. The molecule has 234 valence electrons. The number of carboxylic acids is 1. The van der Waals surface area contributed by atoms with Gasteiger partial charge in [0.05, 0.1) is 0 Å². The number of aliphatic carboxylic acids is 1. The molecule has 0 rings (SSSR count). The lowest BCUT2D eigenvalue weighted by Crippen LogP contribution is -2.07. The van der Waals surface area contributed by atoms with E-state index in [0.717, 1.165) is 25.3 Å². The van der Waals surface area contributed by atoms with Crippen molar-refractivity contribution in [2.75, 3.05) is 0 Å². The van der Waals surface area contributed by atoms with Crippen molar-refractivity contribution in [3.63, 3.8) is 0 Å². The van der Waals surface area contributed by atoms with E-state index in [-0.39, 0.29) is 0 Å². The van der Waals surface area contributed by atoms with E-state index in [1.807, 2.05) is 0 Å². The van der Waals surface area contributed by atoms with Gasteiger partial charge >= 0.3 is 12.0 Å². The Morgan fingerprint density at radius 1 is 0.359 bits per heavy atom. The third-order valence-corrected chi connectivity index (χ3v) is 10.7. The molecule has 0 aromatic carbocycles. The molecular weight excluding hydrogens is 563 g/mol. The van der Waals surface area contributed by atoms with Crippen molar-refractivity contribution in [3.8, 4) is 0 Å². The predicted molar refractivity (Wildman–Crippen MR) is 179 cm³/mol. The van der Waals surface area contributed by atoms with Gasteiger partial charge in [-0.15, -0.1) is 33.2 Å². The SMILES string of the molecule is O=C(O)CCCCCCCCCCCCCCCCCCCCCCCCCCCCCCCC[Si](Cl)(Cl)Cl. The molecule has 0 saturated carbocycles. The molecule has 0 aliphatic rings. The molecule has 6 heteroatoms. The van der Waals surface area contributed by atoms with Crippen LogP contribution in [0, 0.1) is 0 Å². The largest absolute Gasteiger partial charge is 0.481 e. The van der Waals surface area contributed by atoms with Gasteiger partial charge in [-0.1, -0.05) is 186 Å². The summed E-state index contributed by atoms with van der Waals surface area (Å²) in [5.41, 5.74) is 0. The second-order valence-corrected chi connectivity index (χ2v) is 21.4. The van der Waals surface area contributed by atoms with Crippen LogP contribution in [0.2, 0.25) is 6.04 Å². The fraction of sp³-hybridized carbons (Fsp3) is 0.970. The number of carbonyl (C=O) groups is 1. The van der Waals surface area contributed by atoms with Crippen molar-refractivity contribution in [1.29, 1.82) is 0 Å². The Morgan fingerprint density at radius 3 is 0.718 bits per heavy atom. The monoisotopic (exact) mass is 626 g/mol. The van der Waals surface area contributed by atoms with Gasteiger partial charge in [-0.3, -0.25) is 4.79 Å². The number of unbranched alkanes of at least 4 members (excludes halogenated alkanes) is 29. The van der Waals surface area contributed by atoms with E-state index in [9.17, 15) is 4.79 Å². The molecule has 0 radical (unpaired) electrons. The molecule has 0 aromatic heterocycles. The van der Waals surface area contributed by atoms with Crippen LogP contribution in [0.3, 0.4) is 0 Å². The molecule has 2 nitrogen and oxygen atoms in total. The number of hydrogen-bond donors (Lipinski definition) is 1. The zero-order chi connectivity index (χ0) is 28.7. The van der Waals surface area contributed by atoms with Crippen LogP contribution in [0.25, 0.3) is 0 Å². The molecule has 0 fully saturated rings. The van der Waals surface area contributed by atoms with Crippen LogP contribution in [0.4, 0.5) is 0 Å². The van der Waals surface area contributed by atoms with E-state index in [4.69, 9.17) is 38.3 Å². The molecule has 0 saturated heterocycles. The Morgan fingerprint density at radius 2 is 0.538 bits per heavy atom. The molecule has 0 amide bonds. The van der Waals surface area contributed by atoms with Gasteiger partial charge in [-0.05, 0) is 12.5 Å². The minimum absolute atomic E-state index is 0.341. The fourth-order valence-electron chi connectivity index (χ4n) is 5.55. The maximum Gasteiger partial charge on any atom is 0.341 e. The molecule has 1 N–H and O–H groups in total. The first kappa shape index (κ1) is 39.6. The first-order valence-corrected chi connectivity index (χ1v) is 22.4. The quantitative estimate of drug-likeness (QED) is 0.0446. The van der Waals surface area contributed by atoms with Gasteiger partial charge in [0.2, 0.25) is 0 Å². The topological polar surface area (TPSA) is 37.3 Å². The summed E-state index contributed by atoms with van der Waals surface area (Å²) in [7, 11) is 0. The first-order valence-electron chi connectivity index (χ1n) is 17.2. The normalized spacial score (nSPS) is 11.9. The highest BCUT2D eigenvalue weighted by Gasteiger charge is 2.23. The molecule has 0 bridgehead atoms. The highest BCUT2D eigenvalue weighted by Crippen LogP contribution is 2.27. The Balaban J connectivity index is 3.05. The maximum atomic E-state index is 10.5. The summed E-state index contributed by atoms with van der Waals surface area (Å²) >= 11 is 17.8. The summed E-state index contributed by atoms with van der Waals surface area (Å²) in [4.78, 5) is 10.5. The second-order valence-electron chi connectivity index (χ2n) is 12.1. The molecular formula is C33H65Cl3O2Si. The lowest BCUT2D eigenvalue weighted by atomic mass is 10.0. The van der Waals surface area contributed by atoms with Crippen LogP contribution < -0.4 is 0 Å². The molecule has 39 heavy (non-hydrogen) atoms. The van der Waals surface area contributed by atoms with Crippen molar-refractivity contribution >= 4 is 45.2 Å². The molecule has 0 aliphatic heterocycles. The van der Waals surface area contributed by atoms with Gasteiger partial charge in [0.1, 0.15) is 0 Å². The summed E-state index contributed by atoms with van der Waals surface area (Å²) in [5, 5.41) is 8.63. The molecule has 0 atom stereocenters. The van der Waals surface area contributed by atoms with E-state index in [1.165, 1.54) is 173 Å². The third-order valence-electron chi connectivity index (χ3n) is 8.10. The molecule has 0 spiro atoms. The van der Waals surface area contributed by atoms with Crippen LogP contribution in [-0.4, -0.2) is 17.1 Å². The highest BCUT2D eigenvalue weighted by atomic mass is 35.8. The lowest BCUT2D eigenvalue weighted by Gasteiger charge is -2.07. The van der Waals surface area contributed by atoms with Crippen LogP contribution >= 0.6 is 33.2 Å². The van der Waals surface area contributed by atoms with Crippen molar-refractivity contribution in [2.45, 2.75) is 205 Å². The average molecular weight is 628 g/mol. The van der Waals surface area contributed by atoms with Crippen LogP contribution in [0.15, 0.2) is 0 Å². The summed E-state index contributed by atoms with van der Waals surface area (Å²) < 4.78 is 0. The average Bonchev–Trinajstić information content (AvgIpc) is 2.88. The Bertz CT molecular complexity index is 500. The predicted octanol–water partition coefficient (Wildman–Crippen LogP) is 13.8. The number of hydrogen-bond acceptors (Lipinski definition) is 1. The van der Waals surface area contributed by atoms with Gasteiger partial charge in [-0.25, -0.2) is 0 Å². The summed E-state index contributed by atoms with van der Waals surface area (Å²) in [6.45, 7) is 0. The molecule has 0 unspecified atom stereocenters. The Hall–Kier alpha value is 0.557. The first-order chi connectivity index (χ1) is 18.9. The highest BCUT2D eigenvalue weighted by molar-refractivity contribution is 7.64. The Labute approximate surface area is 259 Å². The van der Waals surface area contributed by atoms with Gasteiger partial charge in [-0.2, -0.15) is 0 Å². The number of carboxylic acid groups (broad SMARTS) is 1. The van der Waals surface area contributed by atoms with Crippen molar-refractivity contribution in [2.24, 2.45) is 0 Å². The van der Waals surface area contributed by atoms with Gasteiger partial charge in [0.15, 0.2) is 0 Å². The van der Waals surface area contributed by atoms with Crippen LogP contribution in [-0.2, 0) is 4.79 Å². The van der Waals surface area contributed by atoms with Crippen LogP contribution in [0.5, 0.6) is 0 Å². The summed E-state index contributed by atoms with van der Waals surface area (Å²) in [6, 6.07) is -1.55. The second kappa shape index (κ2) is 31.5. The fourth-order valence-corrected chi connectivity index (χ4v) is 7.40. The zero-order valence-electron chi connectivity index (χ0n) is 25.6. The maximum absolute atomic E-state index is 10.5. The zero-order valence-corrected chi connectivity index (χ0v) is 28.9. The number of halogens is 3. The van der Waals surface area contributed by atoms with E-state index < -0.39 is 12.0 Å². The molecule has 0 aliphatic carbocycles. The van der Waals surface area contributed by atoms with Crippen LogP contribution in [0.1, 0.15) is 199 Å². The van der Waals surface area contributed by atoms with Crippen molar-refractivity contribution < 1.29 is 9.90 Å². The summed E-state index contributed by atoms with van der Waals surface area (Å²) in [6.07, 6.45) is 41.0. The van der Waals surface area contributed by atoms with E-state index in [0.29, 0.717) is 6.42 Å². The minimum atomic E-state index is -2.37. The van der Waals surface area contributed by atoms with Crippen molar-refractivity contribution in [3.05, 3.63) is 0 Å². The smallest absolute Gasteiger partial charge is 0.341 e. The number of rotatable bonds is 33.